The van der Waals surface area contributed by atoms with E-state index in [1.165, 1.54) is 11.3 Å². The Morgan fingerprint density at radius 3 is 2.56 bits per heavy atom. The Bertz CT molecular complexity index is 1910. The van der Waals surface area contributed by atoms with Crippen LogP contribution >= 0.6 is 11.3 Å². The zero-order valence-corrected chi connectivity index (χ0v) is 23.4. The van der Waals surface area contributed by atoms with Crippen LogP contribution < -0.4 is 5.32 Å². The number of pyridine rings is 1. The second-order valence-electron chi connectivity index (χ2n) is 9.73. The highest BCUT2D eigenvalue weighted by molar-refractivity contribution is 7.15. The second-order valence-corrected chi connectivity index (χ2v) is 10.8. The molecule has 0 unspecified atom stereocenters. The molecule has 0 aliphatic carbocycles. The van der Waals surface area contributed by atoms with Gasteiger partial charge in [0.1, 0.15) is 5.69 Å². The number of aromatic nitrogens is 4. The van der Waals surface area contributed by atoms with E-state index in [1.54, 1.807) is 19.3 Å². The minimum Gasteiger partial charge on any atom is -0.359 e. The third kappa shape index (κ3) is 5.50. The number of hydrogen-bond acceptors (Lipinski definition) is 5. The molecule has 41 heavy (non-hydrogen) atoms. The Hall–Kier alpha value is -5.08. The van der Waals surface area contributed by atoms with Crippen molar-refractivity contribution < 1.29 is 9.59 Å². The average molecular weight is 558 g/mol. The van der Waals surface area contributed by atoms with Crippen LogP contribution in [0.5, 0.6) is 0 Å². The first kappa shape index (κ1) is 26.2. The summed E-state index contributed by atoms with van der Waals surface area (Å²) in [6.07, 6.45) is 7.76. The van der Waals surface area contributed by atoms with Crippen LogP contribution in [0.15, 0.2) is 97.5 Å². The lowest BCUT2D eigenvalue weighted by Crippen LogP contribution is -2.14. The molecule has 3 N–H and O–H groups in total. The molecule has 6 aromatic rings. The van der Waals surface area contributed by atoms with Crippen LogP contribution in [0.3, 0.4) is 0 Å². The number of Topliss-reactive ketones (excluding diaryl/α,β-unsaturated/α-hetero) is 1. The van der Waals surface area contributed by atoms with E-state index in [4.69, 9.17) is 0 Å². The van der Waals surface area contributed by atoms with Gasteiger partial charge in [-0.2, -0.15) is 5.10 Å². The number of carbonyl (C=O) groups is 2. The van der Waals surface area contributed by atoms with Gasteiger partial charge in [0.15, 0.2) is 5.78 Å². The standard InChI is InChI=1S/C33H27N5O2S/c1-3-26(31-12-11-30(41-31)20(2)39)24-16-29(35-18-24)33-27-15-22(9-10-28(27)37-38-33)23-14-25(19-34-17-23)36-32(40)13-21-7-5-4-6-8-21/h3-12,14-19,35H,13H2,1-2H3,(H,36,40)(H,37,38)/b26-3+. The fourth-order valence-corrected chi connectivity index (χ4v) is 5.86. The number of allylic oxidation sites excluding steroid dienone is 1. The first-order valence-electron chi connectivity index (χ1n) is 13.2. The molecule has 0 saturated heterocycles. The molecule has 0 aliphatic rings. The van der Waals surface area contributed by atoms with Crippen LogP contribution in [0.1, 0.15) is 39.5 Å². The van der Waals surface area contributed by atoms with Gasteiger partial charge in [-0.1, -0.05) is 42.5 Å². The lowest BCUT2D eigenvalue weighted by atomic mass is 10.0. The number of amides is 1. The number of benzene rings is 2. The number of anilines is 1. The van der Waals surface area contributed by atoms with Gasteiger partial charge in [-0.3, -0.25) is 19.7 Å². The lowest BCUT2D eigenvalue weighted by molar-refractivity contribution is -0.115. The minimum absolute atomic E-state index is 0.0700. The van der Waals surface area contributed by atoms with Gasteiger partial charge in [0.2, 0.25) is 5.91 Å². The normalized spacial score (nSPS) is 11.6. The number of H-pyrrole nitrogens is 2. The largest absolute Gasteiger partial charge is 0.359 e. The number of hydrogen-bond donors (Lipinski definition) is 3. The Balaban J connectivity index is 1.26. The molecule has 0 saturated carbocycles. The second kappa shape index (κ2) is 11.2. The van der Waals surface area contributed by atoms with E-state index in [1.807, 2.05) is 73.8 Å². The summed E-state index contributed by atoms with van der Waals surface area (Å²) in [5.74, 6) is -0.0219. The molecule has 0 radical (unpaired) electrons. The zero-order valence-electron chi connectivity index (χ0n) is 22.6. The van der Waals surface area contributed by atoms with Gasteiger partial charge in [0.05, 0.1) is 34.4 Å². The van der Waals surface area contributed by atoms with E-state index in [2.05, 4.69) is 43.7 Å². The molecule has 0 fully saturated rings. The molecular weight excluding hydrogens is 530 g/mol. The highest BCUT2D eigenvalue weighted by Crippen LogP contribution is 2.34. The molecule has 8 heteroatoms. The molecule has 0 atom stereocenters. The van der Waals surface area contributed by atoms with Crippen molar-refractivity contribution in [1.82, 2.24) is 20.2 Å². The molecule has 4 heterocycles. The molecular formula is C33H27N5O2S. The number of nitrogens with one attached hydrogen (secondary N) is 3. The van der Waals surface area contributed by atoms with E-state index in [0.717, 1.165) is 59.9 Å². The van der Waals surface area contributed by atoms with E-state index in [9.17, 15) is 9.59 Å². The lowest BCUT2D eigenvalue weighted by Gasteiger charge is -2.08. The van der Waals surface area contributed by atoms with E-state index >= 15 is 0 Å². The molecule has 0 bridgehead atoms. The summed E-state index contributed by atoms with van der Waals surface area (Å²) in [7, 11) is 0. The zero-order chi connectivity index (χ0) is 28.3. The van der Waals surface area contributed by atoms with Crippen LogP contribution in [-0.4, -0.2) is 31.9 Å². The fourth-order valence-electron chi connectivity index (χ4n) is 4.86. The molecule has 7 nitrogen and oxygen atoms in total. The summed E-state index contributed by atoms with van der Waals surface area (Å²) in [6, 6.07) is 23.6. The predicted octanol–water partition coefficient (Wildman–Crippen LogP) is 7.52. The summed E-state index contributed by atoms with van der Waals surface area (Å²) >= 11 is 1.50. The number of fused-ring (bicyclic) bond motifs is 1. The Labute approximate surface area is 241 Å². The van der Waals surface area contributed by atoms with Crippen LogP contribution in [0.4, 0.5) is 5.69 Å². The van der Waals surface area contributed by atoms with Gasteiger partial charge in [-0.25, -0.2) is 0 Å². The van der Waals surface area contributed by atoms with Crippen molar-refractivity contribution in [2.45, 2.75) is 20.3 Å². The molecule has 0 aliphatic heterocycles. The van der Waals surface area contributed by atoms with Crippen molar-refractivity contribution >= 4 is 45.2 Å². The van der Waals surface area contributed by atoms with Crippen LogP contribution in [0.25, 0.3) is 39.0 Å². The maximum Gasteiger partial charge on any atom is 0.228 e. The number of carbonyl (C=O) groups excluding carboxylic acids is 2. The Kier molecular flexibility index (Phi) is 7.14. The number of ketones is 1. The van der Waals surface area contributed by atoms with Crippen LogP contribution in [0, 0.1) is 0 Å². The number of rotatable bonds is 8. The summed E-state index contributed by atoms with van der Waals surface area (Å²) < 4.78 is 0. The smallest absolute Gasteiger partial charge is 0.228 e. The number of thiophene rings is 1. The van der Waals surface area contributed by atoms with Gasteiger partial charge in [0.25, 0.3) is 0 Å². The topological polar surface area (TPSA) is 104 Å². The van der Waals surface area contributed by atoms with E-state index in [0.29, 0.717) is 12.1 Å². The quantitative estimate of drug-likeness (QED) is 0.168. The third-order valence-corrected chi connectivity index (χ3v) is 8.10. The average Bonchev–Trinajstić information content (AvgIpc) is 3.74. The number of aromatic amines is 2. The maximum atomic E-state index is 12.6. The highest BCUT2D eigenvalue weighted by atomic mass is 32.1. The van der Waals surface area contributed by atoms with Crippen LogP contribution in [0.2, 0.25) is 0 Å². The van der Waals surface area contributed by atoms with Crippen molar-refractivity contribution in [2.24, 2.45) is 0 Å². The van der Waals surface area contributed by atoms with Gasteiger partial charge in [0, 0.05) is 33.8 Å². The fraction of sp³-hybridized carbons (Fsp3) is 0.0909. The van der Waals surface area contributed by atoms with Crippen molar-refractivity contribution in [3.05, 3.63) is 118 Å². The van der Waals surface area contributed by atoms with Gasteiger partial charge >= 0.3 is 0 Å². The molecule has 2 aromatic carbocycles. The van der Waals surface area contributed by atoms with E-state index < -0.39 is 0 Å². The summed E-state index contributed by atoms with van der Waals surface area (Å²) in [4.78, 5) is 33.9. The first-order chi connectivity index (χ1) is 20.0. The molecule has 6 rings (SSSR count). The molecule has 4 aromatic heterocycles. The maximum absolute atomic E-state index is 12.6. The van der Waals surface area contributed by atoms with E-state index in [-0.39, 0.29) is 11.7 Å². The third-order valence-electron chi connectivity index (χ3n) is 6.88. The molecule has 0 spiro atoms. The predicted molar refractivity (Wildman–Crippen MR) is 165 cm³/mol. The van der Waals surface area contributed by atoms with Crippen molar-refractivity contribution in [2.75, 3.05) is 5.32 Å². The van der Waals surface area contributed by atoms with Gasteiger partial charge < -0.3 is 10.3 Å². The minimum atomic E-state index is -0.0918. The molecule has 1 amide bonds. The highest BCUT2D eigenvalue weighted by Gasteiger charge is 2.16. The molecule has 202 valence electrons. The Morgan fingerprint density at radius 2 is 1.78 bits per heavy atom. The van der Waals surface area contributed by atoms with Crippen LogP contribution in [-0.2, 0) is 11.2 Å². The van der Waals surface area contributed by atoms with Gasteiger partial charge in [-0.05, 0) is 66.9 Å². The van der Waals surface area contributed by atoms with Crippen molar-refractivity contribution in [1.29, 1.82) is 0 Å². The first-order valence-corrected chi connectivity index (χ1v) is 14.0. The van der Waals surface area contributed by atoms with Crippen molar-refractivity contribution in [3.63, 3.8) is 0 Å². The summed E-state index contributed by atoms with van der Waals surface area (Å²) in [6.45, 7) is 3.59. The van der Waals surface area contributed by atoms with Gasteiger partial charge in [-0.15, -0.1) is 11.3 Å². The summed E-state index contributed by atoms with van der Waals surface area (Å²) in [5, 5.41) is 11.7. The Morgan fingerprint density at radius 1 is 0.951 bits per heavy atom. The SMILES string of the molecule is C/C=C(\c1c[nH]c(-c2n[nH]c3ccc(-c4cncc(NC(=O)Cc5ccccc5)c4)cc23)c1)c1ccc(C(C)=O)s1. The summed E-state index contributed by atoms with van der Waals surface area (Å²) in [5.41, 5.74) is 8.13. The number of nitrogens with zero attached hydrogens (tertiary/aromatic N) is 2. The van der Waals surface area contributed by atoms with Crippen molar-refractivity contribution in [3.8, 4) is 22.5 Å². The monoisotopic (exact) mass is 557 g/mol.